The molecule has 0 radical (unpaired) electrons. The van der Waals surface area contributed by atoms with Crippen molar-refractivity contribution in [3.05, 3.63) is 22.7 Å². The van der Waals surface area contributed by atoms with E-state index in [1.807, 2.05) is 12.1 Å². The lowest BCUT2D eigenvalue weighted by Gasteiger charge is -2.21. The zero-order chi connectivity index (χ0) is 13.0. The summed E-state index contributed by atoms with van der Waals surface area (Å²) in [5.74, 6) is 0.893. The Hall–Kier alpha value is -0.740. The lowest BCUT2D eigenvalue weighted by molar-refractivity contribution is 0.415. The van der Waals surface area contributed by atoms with Crippen LogP contribution in [0.4, 0.5) is 5.69 Å². The summed E-state index contributed by atoms with van der Waals surface area (Å²) < 4.78 is 6.44. The van der Waals surface area contributed by atoms with Crippen LogP contribution in [0.25, 0.3) is 0 Å². The fraction of sp³-hybridized carbons (Fsp3) is 0.571. The van der Waals surface area contributed by atoms with Gasteiger partial charge in [-0.15, -0.1) is 0 Å². The highest BCUT2D eigenvalue weighted by Gasteiger charge is 2.17. The van der Waals surface area contributed by atoms with Crippen LogP contribution in [0.3, 0.4) is 0 Å². The standard InChI is InChI=1S/C14H21BrN2O/c1-10(8-12-4-3-7-16-12)17-13-9-11(15)5-6-14(13)18-2/h5-6,9-10,12,16-17H,3-4,7-8H2,1-2H3. The van der Waals surface area contributed by atoms with Crippen molar-refractivity contribution in [1.29, 1.82) is 0 Å². The van der Waals surface area contributed by atoms with E-state index in [1.165, 1.54) is 12.8 Å². The number of benzene rings is 1. The van der Waals surface area contributed by atoms with Crippen molar-refractivity contribution in [2.24, 2.45) is 0 Å². The second-order valence-corrected chi connectivity index (χ2v) is 5.83. The Morgan fingerprint density at radius 3 is 3.06 bits per heavy atom. The molecule has 1 aromatic carbocycles. The Bertz CT molecular complexity index is 391. The average molecular weight is 313 g/mol. The molecule has 3 nitrogen and oxygen atoms in total. The van der Waals surface area contributed by atoms with Crippen molar-refractivity contribution in [2.75, 3.05) is 19.0 Å². The summed E-state index contributed by atoms with van der Waals surface area (Å²) in [4.78, 5) is 0. The number of halogens is 1. The van der Waals surface area contributed by atoms with Crippen LogP contribution < -0.4 is 15.4 Å². The molecule has 0 amide bonds. The fourth-order valence-electron chi connectivity index (χ4n) is 2.50. The Balaban J connectivity index is 1.96. The SMILES string of the molecule is COc1ccc(Br)cc1NC(C)CC1CCCN1. The van der Waals surface area contributed by atoms with Crippen molar-refractivity contribution < 1.29 is 4.74 Å². The van der Waals surface area contributed by atoms with E-state index < -0.39 is 0 Å². The Labute approximate surface area is 117 Å². The van der Waals surface area contributed by atoms with Crippen LogP contribution in [0.2, 0.25) is 0 Å². The van der Waals surface area contributed by atoms with Gasteiger partial charge in [0.15, 0.2) is 0 Å². The van der Waals surface area contributed by atoms with Crippen LogP contribution in [0.15, 0.2) is 22.7 Å². The Morgan fingerprint density at radius 1 is 1.56 bits per heavy atom. The molecule has 18 heavy (non-hydrogen) atoms. The fourth-order valence-corrected chi connectivity index (χ4v) is 2.86. The van der Waals surface area contributed by atoms with Crippen molar-refractivity contribution in [2.45, 2.75) is 38.3 Å². The van der Waals surface area contributed by atoms with E-state index in [4.69, 9.17) is 4.74 Å². The number of hydrogen-bond acceptors (Lipinski definition) is 3. The molecule has 2 unspecified atom stereocenters. The molecule has 1 saturated heterocycles. The third-order valence-corrected chi connectivity index (χ3v) is 3.86. The van der Waals surface area contributed by atoms with E-state index in [0.717, 1.165) is 28.9 Å². The van der Waals surface area contributed by atoms with Gasteiger partial charge in [0, 0.05) is 16.6 Å². The van der Waals surface area contributed by atoms with E-state index in [0.29, 0.717) is 12.1 Å². The van der Waals surface area contributed by atoms with E-state index in [1.54, 1.807) is 7.11 Å². The highest BCUT2D eigenvalue weighted by atomic mass is 79.9. The van der Waals surface area contributed by atoms with Crippen molar-refractivity contribution >= 4 is 21.6 Å². The van der Waals surface area contributed by atoms with Gasteiger partial charge in [0.1, 0.15) is 5.75 Å². The van der Waals surface area contributed by atoms with Gasteiger partial charge in [-0.2, -0.15) is 0 Å². The molecule has 0 saturated carbocycles. The molecule has 100 valence electrons. The maximum Gasteiger partial charge on any atom is 0.142 e. The van der Waals surface area contributed by atoms with Crippen molar-refractivity contribution in [3.63, 3.8) is 0 Å². The summed E-state index contributed by atoms with van der Waals surface area (Å²) in [5.41, 5.74) is 1.05. The van der Waals surface area contributed by atoms with E-state index in [2.05, 4.69) is 39.6 Å². The van der Waals surface area contributed by atoms with Gasteiger partial charge in [0.2, 0.25) is 0 Å². The van der Waals surface area contributed by atoms with Gasteiger partial charge in [-0.3, -0.25) is 0 Å². The molecule has 1 aliphatic rings. The smallest absolute Gasteiger partial charge is 0.142 e. The predicted molar refractivity (Wildman–Crippen MR) is 79.4 cm³/mol. The number of hydrogen-bond donors (Lipinski definition) is 2. The lowest BCUT2D eigenvalue weighted by Crippen LogP contribution is -2.29. The van der Waals surface area contributed by atoms with Crippen LogP contribution in [0.1, 0.15) is 26.2 Å². The van der Waals surface area contributed by atoms with Gasteiger partial charge < -0.3 is 15.4 Å². The van der Waals surface area contributed by atoms with Gasteiger partial charge in [0.25, 0.3) is 0 Å². The minimum absolute atomic E-state index is 0.434. The quantitative estimate of drug-likeness (QED) is 0.874. The van der Waals surface area contributed by atoms with E-state index >= 15 is 0 Å². The number of ether oxygens (including phenoxy) is 1. The van der Waals surface area contributed by atoms with E-state index in [9.17, 15) is 0 Å². The predicted octanol–water partition coefficient (Wildman–Crippen LogP) is 3.40. The maximum atomic E-state index is 5.37. The highest BCUT2D eigenvalue weighted by molar-refractivity contribution is 9.10. The third-order valence-electron chi connectivity index (χ3n) is 3.36. The first-order chi connectivity index (χ1) is 8.69. The van der Waals surface area contributed by atoms with Crippen LogP contribution in [-0.4, -0.2) is 25.7 Å². The summed E-state index contributed by atoms with van der Waals surface area (Å²) in [7, 11) is 1.71. The number of methoxy groups -OCH3 is 1. The monoisotopic (exact) mass is 312 g/mol. The van der Waals surface area contributed by atoms with Crippen molar-refractivity contribution in [3.8, 4) is 5.75 Å². The summed E-state index contributed by atoms with van der Waals surface area (Å²) in [6.45, 7) is 3.39. The molecule has 1 fully saturated rings. The number of rotatable bonds is 5. The largest absolute Gasteiger partial charge is 0.495 e. The first-order valence-electron chi connectivity index (χ1n) is 6.52. The molecular formula is C14H21BrN2O. The summed E-state index contributed by atoms with van der Waals surface area (Å²) >= 11 is 3.50. The average Bonchev–Trinajstić information content (AvgIpc) is 2.82. The van der Waals surface area contributed by atoms with Gasteiger partial charge >= 0.3 is 0 Å². The molecule has 1 aromatic rings. The van der Waals surface area contributed by atoms with Crippen LogP contribution in [0.5, 0.6) is 5.75 Å². The summed E-state index contributed by atoms with van der Waals surface area (Å²) in [6, 6.07) is 7.13. The molecule has 0 bridgehead atoms. The van der Waals surface area contributed by atoms with Crippen LogP contribution in [-0.2, 0) is 0 Å². The third kappa shape index (κ3) is 3.62. The molecule has 1 aliphatic heterocycles. The van der Waals surface area contributed by atoms with Gasteiger partial charge in [-0.25, -0.2) is 0 Å². The molecule has 0 aliphatic carbocycles. The Kier molecular flexibility index (Phi) is 4.89. The minimum Gasteiger partial charge on any atom is -0.495 e. The topological polar surface area (TPSA) is 33.3 Å². The number of anilines is 1. The maximum absolute atomic E-state index is 5.37. The van der Waals surface area contributed by atoms with Crippen LogP contribution in [0, 0.1) is 0 Å². The van der Waals surface area contributed by atoms with Gasteiger partial charge in [-0.1, -0.05) is 15.9 Å². The molecule has 2 N–H and O–H groups in total. The van der Waals surface area contributed by atoms with Crippen molar-refractivity contribution in [1.82, 2.24) is 5.32 Å². The lowest BCUT2D eigenvalue weighted by atomic mass is 10.1. The second kappa shape index (κ2) is 6.43. The molecule has 0 aromatic heterocycles. The summed E-state index contributed by atoms with van der Waals surface area (Å²) in [5, 5.41) is 7.07. The van der Waals surface area contributed by atoms with Gasteiger partial charge in [-0.05, 0) is 50.9 Å². The first-order valence-corrected chi connectivity index (χ1v) is 7.32. The Morgan fingerprint density at radius 2 is 2.39 bits per heavy atom. The first kappa shape index (κ1) is 13.7. The normalized spacial score (nSPS) is 20.7. The van der Waals surface area contributed by atoms with Crippen LogP contribution >= 0.6 is 15.9 Å². The highest BCUT2D eigenvalue weighted by Crippen LogP contribution is 2.29. The number of nitrogens with one attached hydrogen (secondary N) is 2. The molecule has 4 heteroatoms. The molecule has 1 heterocycles. The molecule has 2 atom stereocenters. The zero-order valence-corrected chi connectivity index (χ0v) is 12.6. The summed E-state index contributed by atoms with van der Waals surface area (Å²) in [6.07, 6.45) is 3.74. The molecular weight excluding hydrogens is 292 g/mol. The molecule has 0 spiro atoms. The zero-order valence-electron chi connectivity index (χ0n) is 11.0. The molecule has 2 rings (SSSR count). The van der Waals surface area contributed by atoms with E-state index in [-0.39, 0.29) is 0 Å². The van der Waals surface area contributed by atoms with Gasteiger partial charge in [0.05, 0.1) is 12.8 Å². The minimum atomic E-state index is 0.434. The second-order valence-electron chi connectivity index (χ2n) is 4.92.